The maximum atomic E-state index is 11.2. The van der Waals surface area contributed by atoms with E-state index in [0.717, 1.165) is 39.3 Å². The van der Waals surface area contributed by atoms with Crippen molar-refractivity contribution < 1.29 is 4.92 Å². The van der Waals surface area contributed by atoms with Gasteiger partial charge >= 0.3 is 13.7 Å². The normalized spacial score (nSPS) is 24.2. The van der Waals surface area contributed by atoms with Gasteiger partial charge < -0.3 is 10.1 Å². The minimum Gasteiger partial charge on any atom is -0.358 e. The minimum absolute atomic E-state index is 0.0306. The van der Waals surface area contributed by atoms with Crippen molar-refractivity contribution in [3.63, 3.8) is 0 Å². The molecule has 0 bridgehead atoms. The fourth-order valence-electron chi connectivity index (χ4n) is 4.43. The van der Waals surface area contributed by atoms with Gasteiger partial charge in [0.15, 0.2) is 0 Å². The van der Waals surface area contributed by atoms with E-state index in [1.807, 2.05) is 0 Å². The fraction of sp³-hybridized carbons (Fsp3) is 0.800. The van der Waals surface area contributed by atoms with Crippen molar-refractivity contribution in [1.29, 1.82) is 0 Å². The Morgan fingerprint density at radius 3 is 1.62 bits per heavy atom. The highest BCUT2D eigenvalue weighted by molar-refractivity contribution is 7.67. The van der Waals surface area contributed by atoms with Crippen LogP contribution in [0.3, 0.4) is 0 Å². The summed E-state index contributed by atoms with van der Waals surface area (Å²) in [5.74, 6) is -0.0306. The van der Waals surface area contributed by atoms with Gasteiger partial charge in [-0.25, -0.2) is 0 Å². The molecule has 0 amide bonds. The summed E-state index contributed by atoms with van der Waals surface area (Å²) in [4.78, 5) is 14.9. The number of rotatable bonds is 5. The molecule has 132 valence electrons. The third kappa shape index (κ3) is 2.56. The zero-order chi connectivity index (χ0) is 16.6. The fourth-order valence-corrected chi connectivity index (χ4v) is 9.28. The van der Waals surface area contributed by atoms with Crippen LogP contribution in [0.15, 0.2) is 12.5 Å². The Labute approximate surface area is 143 Å². The SMILES string of the molecule is O=[N+]([O-])c1cn([P+](N2CCCC2)(N2CCCC2)N2CCCC2)cn1. The van der Waals surface area contributed by atoms with Crippen LogP contribution < -0.4 is 0 Å². The zero-order valence-corrected chi connectivity index (χ0v) is 15.0. The Bertz CT molecular complexity index is 550. The zero-order valence-electron chi connectivity index (χ0n) is 14.1. The molecule has 1 aromatic heterocycles. The Hall–Kier alpha value is -1.08. The molecule has 0 saturated carbocycles. The van der Waals surface area contributed by atoms with E-state index in [9.17, 15) is 10.1 Å². The van der Waals surface area contributed by atoms with Gasteiger partial charge in [-0.1, -0.05) is 0 Å². The van der Waals surface area contributed by atoms with Gasteiger partial charge in [0.25, 0.3) is 0 Å². The summed E-state index contributed by atoms with van der Waals surface area (Å²) in [6.45, 7) is 6.54. The molecule has 0 atom stereocenters. The van der Waals surface area contributed by atoms with E-state index >= 15 is 0 Å². The Morgan fingerprint density at radius 1 is 0.875 bits per heavy atom. The van der Waals surface area contributed by atoms with Gasteiger partial charge in [0.1, 0.15) is 6.20 Å². The van der Waals surface area contributed by atoms with Gasteiger partial charge in [0.05, 0.1) is 0 Å². The second-order valence-electron chi connectivity index (χ2n) is 6.89. The molecule has 0 aromatic carbocycles. The Kier molecular flexibility index (Phi) is 4.56. The van der Waals surface area contributed by atoms with Crippen molar-refractivity contribution in [2.24, 2.45) is 0 Å². The molecule has 0 unspecified atom stereocenters. The van der Waals surface area contributed by atoms with Crippen molar-refractivity contribution >= 4 is 13.7 Å². The van der Waals surface area contributed by atoms with E-state index < -0.39 is 7.87 Å². The second-order valence-corrected chi connectivity index (χ2v) is 10.1. The van der Waals surface area contributed by atoms with E-state index in [1.54, 1.807) is 12.5 Å². The van der Waals surface area contributed by atoms with Crippen molar-refractivity contribution in [1.82, 2.24) is 23.3 Å². The van der Waals surface area contributed by atoms with Crippen LogP contribution in [-0.2, 0) is 0 Å². The summed E-state index contributed by atoms with van der Waals surface area (Å²) in [6.07, 6.45) is 10.7. The standard InChI is InChI=1S/C15H26N6O2P/c22-21(23)15-13-20(14-16-15)24(17-7-1-2-8-17,18-9-3-4-10-18)19-11-5-6-12-19/h13-14H,1-12H2/q+1. The molecule has 0 N–H and O–H groups in total. The first-order valence-corrected chi connectivity index (χ1v) is 10.7. The van der Waals surface area contributed by atoms with Gasteiger partial charge in [0.2, 0.25) is 6.33 Å². The van der Waals surface area contributed by atoms with Crippen LogP contribution in [-0.4, -0.2) is 67.5 Å². The number of nitro groups is 1. The van der Waals surface area contributed by atoms with Crippen LogP contribution in [0.25, 0.3) is 0 Å². The molecule has 3 fully saturated rings. The topological polar surface area (TPSA) is 70.7 Å². The monoisotopic (exact) mass is 353 g/mol. The van der Waals surface area contributed by atoms with Crippen molar-refractivity contribution in [2.45, 2.75) is 38.5 Å². The van der Waals surface area contributed by atoms with Gasteiger partial charge in [-0.15, -0.1) is 18.3 Å². The number of hydrogen-bond acceptors (Lipinski definition) is 6. The van der Waals surface area contributed by atoms with Gasteiger partial charge in [-0.2, -0.15) is 0 Å². The number of nitrogens with zero attached hydrogens (tertiary/aromatic N) is 6. The summed E-state index contributed by atoms with van der Waals surface area (Å²) in [6, 6.07) is 0. The van der Waals surface area contributed by atoms with E-state index in [0.29, 0.717) is 0 Å². The lowest BCUT2D eigenvalue weighted by Gasteiger charge is -2.42. The van der Waals surface area contributed by atoms with Crippen molar-refractivity contribution in [3.05, 3.63) is 22.6 Å². The quantitative estimate of drug-likeness (QED) is 0.460. The molecule has 9 heteroatoms. The van der Waals surface area contributed by atoms with Crippen LogP contribution in [0.1, 0.15) is 38.5 Å². The smallest absolute Gasteiger partial charge is 0.358 e. The molecular weight excluding hydrogens is 327 g/mol. The van der Waals surface area contributed by atoms with Crippen LogP contribution in [0, 0.1) is 10.1 Å². The van der Waals surface area contributed by atoms with E-state index in [1.165, 1.54) is 38.5 Å². The molecule has 3 aliphatic heterocycles. The van der Waals surface area contributed by atoms with E-state index in [-0.39, 0.29) is 10.7 Å². The molecule has 4 heterocycles. The van der Waals surface area contributed by atoms with Crippen molar-refractivity contribution in [2.75, 3.05) is 39.3 Å². The number of imidazole rings is 1. The summed E-state index contributed by atoms with van der Waals surface area (Å²) in [5, 5.41) is 11.2. The number of aromatic nitrogens is 2. The molecule has 3 saturated heterocycles. The van der Waals surface area contributed by atoms with Crippen molar-refractivity contribution in [3.8, 4) is 0 Å². The summed E-state index contributed by atoms with van der Waals surface area (Å²) in [7, 11) is -1.96. The average Bonchev–Trinajstić information content (AvgIpc) is 3.38. The van der Waals surface area contributed by atoms with Crippen LogP contribution in [0.5, 0.6) is 0 Å². The average molecular weight is 353 g/mol. The predicted molar refractivity (Wildman–Crippen MR) is 93.6 cm³/mol. The molecular formula is C15H26N6O2P+. The van der Waals surface area contributed by atoms with Gasteiger partial charge in [-0.3, -0.25) is 0 Å². The first-order chi connectivity index (χ1) is 11.7. The lowest BCUT2D eigenvalue weighted by atomic mass is 10.4. The Morgan fingerprint density at radius 2 is 1.29 bits per heavy atom. The predicted octanol–water partition coefficient (Wildman–Crippen LogP) is 2.60. The third-order valence-corrected chi connectivity index (χ3v) is 9.75. The maximum Gasteiger partial charge on any atom is 0.385 e. The van der Waals surface area contributed by atoms with Crippen LogP contribution >= 0.6 is 7.87 Å². The summed E-state index contributed by atoms with van der Waals surface area (Å²) < 4.78 is 10.0. The van der Waals surface area contributed by atoms with Gasteiger partial charge in [-0.05, 0) is 48.4 Å². The van der Waals surface area contributed by atoms with Crippen LogP contribution in [0.2, 0.25) is 0 Å². The van der Waals surface area contributed by atoms with Gasteiger partial charge in [0, 0.05) is 39.3 Å². The van der Waals surface area contributed by atoms with Crippen LogP contribution in [0.4, 0.5) is 5.82 Å². The first kappa shape index (κ1) is 16.4. The summed E-state index contributed by atoms with van der Waals surface area (Å²) in [5.41, 5.74) is 0. The number of hydrogen-bond donors (Lipinski definition) is 0. The highest BCUT2D eigenvalue weighted by atomic mass is 31.2. The highest BCUT2D eigenvalue weighted by Crippen LogP contribution is 2.70. The lowest BCUT2D eigenvalue weighted by Crippen LogP contribution is -2.45. The molecule has 0 aliphatic carbocycles. The molecule has 4 rings (SSSR count). The second kappa shape index (κ2) is 6.67. The Balaban J connectivity index is 1.82. The molecule has 3 aliphatic rings. The highest BCUT2D eigenvalue weighted by Gasteiger charge is 2.61. The minimum atomic E-state index is -1.96. The molecule has 0 spiro atoms. The maximum absolute atomic E-state index is 11.2. The lowest BCUT2D eigenvalue weighted by molar-refractivity contribution is -0.389. The molecule has 24 heavy (non-hydrogen) atoms. The molecule has 0 radical (unpaired) electrons. The molecule has 1 aromatic rings. The third-order valence-electron chi connectivity index (χ3n) is 5.44. The van der Waals surface area contributed by atoms with E-state index in [4.69, 9.17) is 0 Å². The molecule has 8 nitrogen and oxygen atoms in total. The largest absolute Gasteiger partial charge is 0.385 e. The van der Waals surface area contributed by atoms with E-state index in [2.05, 4.69) is 23.3 Å². The summed E-state index contributed by atoms with van der Waals surface area (Å²) >= 11 is 0. The first-order valence-electron chi connectivity index (χ1n) is 9.07.